The average molecular weight is 1170 g/mol. The highest BCUT2D eigenvalue weighted by Gasteiger charge is 2.20. The van der Waals surface area contributed by atoms with E-state index in [9.17, 15) is 14.4 Å². The molecule has 0 aromatic rings. The van der Waals surface area contributed by atoms with Gasteiger partial charge in [-0.05, 0) is 57.8 Å². The van der Waals surface area contributed by atoms with E-state index in [1.54, 1.807) is 0 Å². The second kappa shape index (κ2) is 72.1. The van der Waals surface area contributed by atoms with E-state index in [-0.39, 0.29) is 31.1 Å². The average Bonchev–Trinajstić information content (AvgIpc) is 3.49. The minimum atomic E-state index is -0.771. The zero-order valence-electron chi connectivity index (χ0n) is 56.2. The molecule has 1 unspecified atom stereocenters. The van der Waals surface area contributed by atoms with Crippen LogP contribution in [-0.4, -0.2) is 37.2 Å². The van der Waals surface area contributed by atoms with Crippen molar-refractivity contribution in [3.8, 4) is 0 Å². The summed E-state index contributed by atoms with van der Waals surface area (Å²) in [4.78, 5) is 38.3. The Morgan fingerprint density at radius 1 is 0.241 bits per heavy atom. The lowest BCUT2D eigenvalue weighted by molar-refractivity contribution is -0.167. The molecule has 0 heterocycles. The summed E-state index contributed by atoms with van der Waals surface area (Å²) >= 11 is 0. The molecule has 0 amide bonds. The molecule has 83 heavy (non-hydrogen) atoms. The number of carbonyl (C=O) groups excluding carboxylic acids is 3. The topological polar surface area (TPSA) is 78.9 Å². The van der Waals surface area contributed by atoms with E-state index in [0.29, 0.717) is 19.3 Å². The summed E-state index contributed by atoms with van der Waals surface area (Å²) in [5, 5.41) is 0. The number of esters is 3. The molecule has 0 aliphatic rings. The minimum absolute atomic E-state index is 0.0680. The van der Waals surface area contributed by atoms with Gasteiger partial charge in [-0.2, -0.15) is 0 Å². The molecule has 0 saturated heterocycles. The molecule has 0 aliphatic carbocycles. The van der Waals surface area contributed by atoms with Crippen LogP contribution in [0.25, 0.3) is 0 Å². The predicted octanol–water partition coefficient (Wildman–Crippen LogP) is 25.9. The summed E-state index contributed by atoms with van der Waals surface area (Å²) < 4.78 is 17.0. The maximum atomic E-state index is 12.9. The van der Waals surface area contributed by atoms with Crippen molar-refractivity contribution in [3.63, 3.8) is 0 Å². The van der Waals surface area contributed by atoms with Gasteiger partial charge in [0.15, 0.2) is 6.10 Å². The Kier molecular flexibility index (Phi) is 70.0. The Morgan fingerprint density at radius 2 is 0.434 bits per heavy atom. The van der Waals surface area contributed by atoms with Gasteiger partial charge in [-0.1, -0.05) is 378 Å². The van der Waals surface area contributed by atoms with Gasteiger partial charge in [0.05, 0.1) is 0 Å². The molecule has 1 atom stereocenters. The van der Waals surface area contributed by atoms with Crippen molar-refractivity contribution in [1.29, 1.82) is 0 Å². The number of allylic oxidation sites excluding steroid dienone is 6. The van der Waals surface area contributed by atoms with Crippen molar-refractivity contribution in [2.45, 2.75) is 425 Å². The Balaban J connectivity index is 4.06. The van der Waals surface area contributed by atoms with Crippen LogP contribution in [0.4, 0.5) is 0 Å². The van der Waals surface area contributed by atoms with Gasteiger partial charge in [-0.15, -0.1) is 0 Å². The first-order valence-electron chi connectivity index (χ1n) is 37.5. The van der Waals surface area contributed by atoms with E-state index in [1.165, 1.54) is 308 Å². The summed E-state index contributed by atoms with van der Waals surface area (Å²) in [6.45, 7) is 6.68. The van der Waals surface area contributed by atoms with Gasteiger partial charge in [0.1, 0.15) is 13.2 Å². The highest BCUT2D eigenvalue weighted by atomic mass is 16.6. The Bertz CT molecular complexity index is 1380. The first kappa shape index (κ1) is 80.6. The molecule has 0 aliphatic heterocycles. The van der Waals surface area contributed by atoms with Crippen LogP contribution >= 0.6 is 0 Å². The van der Waals surface area contributed by atoms with Gasteiger partial charge in [-0.3, -0.25) is 14.4 Å². The standard InChI is InChI=1S/C77H144O6/c1-4-7-10-13-16-19-21-23-25-27-29-31-33-35-36-37-38-39-40-42-43-45-47-49-51-53-55-58-61-64-67-70-76(79)82-73-74(72-81-75(78)69-66-63-60-57-18-15-12-9-6-3)83-77(80)71-68-65-62-59-56-54-52-50-48-46-44-41-34-32-30-28-26-24-22-20-17-14-11-8-5-2/h22,24,28,30,34,41,74H,4-21,23,25-27,29,31-33,35-40,42-73H2,1-3H3/b24-22-,30-28-,41-34-. The maximum Gasteiger partial charge on any atom is 0.306 e. The van der Waals surface area contributed by atoms with E-state index in [1.807, 2.05) is 0 Å². The van der Waals surface area contributed by atoms with Crippen LogP contribution in [0, 0.1) is 0 Å². The molecule has 0 N–H and O–H groups in total. The molecule has 0 fully saturated rings. The van der Waals surface area contributed by atoms with E-state index in [4.69, 9.17) is 14.2 Å². The van der Waals surface area contributed by atoms with Gasteiger partial charge < -0.3 is 14.2 Å². The minimum Gasteiger partial charge on any atom is -0.462 e. The largest absolute Gasteiger partial charge is 0.462 e. The van der Waals surface area contributed by atoms with Crippen LogP contribution in [0.2, 0.25) is 0 Å². The fraction of sp³-hybridized carbons (Fsp3) is 0.883. The molecular weight excluding hydrogens is 1020 g/mol. The molecular formula is C77H144O6. The molecule has 6 heteroatoms. The lowest BCUT2D eigenvalue weighted by Gasteiger charge is -2.18. The van der Waals surface area contributed by atoms with Gasteiger partial charge in [0.2, 0.25) is 0 Å². The second-order valence-electron chi connectivity index (χ2n) is 25.6. The first-order valence-corrected chi connectivity index (χ1v) is 37.5. The van der Waals surface area contributed by atoms with Crippen LogP contribution in [-0.2, 0) is 28.6 Å². The normalized spacial score (nSPS) is 12.2. The highest BCUT2D eigenvalue weighted by molar-refractivity contribution is 5.71. The molecule has 488 valence electrons. The number of hydrogen-bond donors (Lipinski definition) is 0. The third kappa shape index (κ3) is 70.3. The third-order valence-electron chi connectivity index (χ3n) is 17.1. The fourth-order valence-corrected chi connectivity index (χ4v) is 11.5. The van der Waals surface area contributed by atoms with Crippen molar-refractivity contribution >= 4 is 17.9 Å². The van der Waals surface area contributed by atoms with E-state index in [2.05, 4.69) is 57.2 Å². The van der Waals surface area contributed by atoms with Crippen LogP contribution in [0.1, 0.15) is 419 Å². The molecule has 0 rings (SSSR count). The third-order valence-corrected chi connectivity index (χ3v) is 17.1. The van der Waals surface area contributed by atoms with Gasteiger partial charge in [-0.25, -0.2) is 0 Å². The summed E-state index contributed by atoms with van der Waals surface area (Å²) in [7, 11) is 0. The molecule has 0 aromatic carbocycles. The van der Waals surface area contributed by atoms with Crippen LogP contribution < -0.4 is 0 Å². The summed E-state index contributed by atoms with van der Waals surface area (Å²) in [6, 6.07) is 0. The Labute approximate surface area is 518 Å². The summed E-state index contributed by atoms with van der Waals surface area (Å²) in [5.41, 5.74) is 0. The SMILES string of the molecule is CCCCCCC/C=C\C/C=C\C/C=C\CCCCCCCCCCCCC(=O)OC(COC(=O)CCCCCCCCCCC)COC(=O)CCCCCCCCCCCCCCCCCCCCCCCCCCCCCCCCC. The Hall–Kier alpha value is -2.37. The van der Waals surface area contributed by atoms with Crippen molar-refractivity contribution < 1.29 is 28.6 Å². The lowest BCUT2D eigenvalue weighted by Crippen LogP contribution is -2.30. The number of ether oxygens (including phenoxy) is 3. The number of unbranched alkanes of at least 4 members (excludes halogenated alkanes) is 53. The van der Waals surface area contributed by atoms with Crippen LogP contribution in [0.3, 0.4) is 0 Å². The van der Waals surface area contributed by atoms with Crippen molar-refractivity contribution in [2.75, 3.05) is 13.2 Å². The smallest absolute Gasteiger partial charge is 0.306 e. The van der Waals surface area contributed by atoms with Gasteiger partial charge in [0.25, 0.3) is 0 Å². The summed E-state index contributed by atoms with van der Waals surface area (Å²) in [6.07, 6.45) is 90.7. The number of rotatable bonds is 70. The van der Waals surface area contributed by atoms with Crippen molar-refractivity contribution in [1.82, 2.24) is 0 Å². The fourth-order valence-electron chi connectivity index (χ4n) is 11.5. The van der Waals surface area contributed by atoms with Crippen molar-refractivity contribution in [2.24, 2.45) is 0 Å². The maximum absolute atomic E-state index is 12.9. The monoisotopic (exact) mass is 1170 g/mol. The molecule has 0 bridgehead atoms. The molecule has 6 nitrogen and oxygen atoms in total. The lowest BCUT2D eigenvalue weighted by atomic mass is 10.0. The van der Waals surface area contributed by atoms with Gasteiger partial charge in [0, 0.05) is 19.3 Å². The van der Waals surface area contributed by atoms with Crippen molar-refractivity contribution in [3.05, 3.63) is 36.5 Å². The van der Waals surface area contributed by atoms with Gasteiger partial charge >= 0.3 is 17.9 Å². The number of carbonyl (C=O) groups is 3. The second-order valence-corrected chi connectivity index (χ2v) is 25.6. The molecule has 0 aromatic heterocycles. The van der Waals surface area contributed by atoms with E-state index < -0.39 is 6.10 Å². The first-order chi connectivity index (χ1) is 41.0. The molecule has 0 saturated carbocycles. The molecule has 0 radical (unpaired) electrons. The Morgan fingerprint density at radius 3 is 0.675 bits per heavy atom. The molecule has 0 spiro atoms. The quantitative estimate of drug-likeness (QED) is 0.0261. The highest BCUT2D eigenvalue weighted by Crippen LogP contribution is 2.19. The van der Waals surface area contributed by atoms with E-state index in [0.717, 1.165) is 70.6 Å². The predicted molar refractivity (Wildman–Crippen MR) is 362 cm³/mol. The van der Waals surface area contributed by atoms with Crippen LogP contribution in [0.15, 0.2) is 36.5 Å². The zero-order valence-corrected chi connectivity index (χ0v) is 56.2. The van der Waals surface area contributed by atoms with Crippen LogP contribution in [0.5, 0.6) is 0 Å². The summed E-state index contributed by atoms with van der Waals surface area (Å²) in [5.74, 6) is -0.846. The number of hydrogen-bond acceptors (Lipinski definition) is 6. The zero-order chi connectivity index (χ0) is 59.9. The van der Waals surface area contributed by atoms with E-state index >= 15 is 0 Å².